The fourth-order valence-corrected chi connectivity index (χ4v) is 3.53. The first-order chi connectivity index (χ1) is 10.7. The molecule has 0 saturated heterocycles. The van der Waals surface area contributed by atoms with E-state index in [0.29, 0.717) is 27.8 Å². The van der Waals surface area contributed by atoms with Gasteiger partial charge in [0.25, 0.3) is 5.56 Å². The molecule has 2 N–H and O–H groups in total. The summed E-state index contributed by atoms with van der Waals surface area (Å²) in [6, 6.07) is 1.31. The van der Waals surface area contributed by atoms with E-state index < -0.39 is 0 Å². The molecule has 4 rings (SSSR count). The summed E-state index contributed by atoms with van der Waals surface area (Å²) in [5.41, 5.74) is 0.287. The Kier molecular flexibility index (Phi) is 2.96. The van der Waals surface area contributed by atoms with Gasteiger partial charge in [0, 0.05) is 18.2 Å². The van der Waals surface area contributed by atoms with Crippen LogP contribution in [0, 0.1) is 0 Å². The van der Waals surface area contributed by atoms with E-state index in [2.05, 4.69) is 30.2 Å². The highest BCUT2D eigenvalue weighted by Crippen LogP contribution is 2.32. The summed E-state index contributed by atoms with van der Waals surface area (Å²) in [7, 11) is 0. The zero-order valence-electron chi connectivity index (χ0n) is 11.1. The summed E-state index contributed by atoms with van der Waals surface area (Å²) in [4.78, 5) is 28.9. The molecule has 1 aliphatic heterocycles. The fraction of sp³-hybridized carbons (Fsp3) is 0.250. The van der Waals surface area contributed by atoms with Crippen molar-refractivity contribution in [3.05, 3.63) is 28.9 Å². The summed E-state index contributed by atoms with van der Waals surface area (Å²) >= 11 is 1.45. The molecule has 4 heterocycles. The maximum atomic E-state index is 12.5. The van der Waals surface area contributed by atoms with Crippen molar-refractivity contribution in [3.8, 4) is 0 Å². The maximum Gasteiger partial charge on any atom is 0.265 e. The molecule has 0 aromatic carbocycles. The van der Waals surface area contributed by atoms with Gasteiger partial charge in [0.2, 0.25) is 5.91 Å². The van der Waals surface area contributed by atoms with Gasteiger partial charge in [0.05, 0.1) is 12.2 Å². The molecule has 9 nitrogen and oxygen atoms in total. The van der Waals surface area contributed by atoms with Gasteiger partial charge < -0.3 is 9.84 Å². The molecule has 0 radical (unpaired) electrons. The average Bonchev–Trinajstić information content (AvgIpc) is 3.20. The number of fused-ring (bicyclic) bond motifs is 2. The summed E-state index contributed by atoms with van der Waals surface area (Å²) in [6.07, 6.45) is 2.99. The second kappa shape index (κ2) is 4.98. The lowest BCUT2D eigenvalue weighted by Crippen LogP contribution is -2.27. The second-order valence-corrected chi connectivity index (χ2v) is 5.79. The highest BCUT2D eigenvalue weighted by atomic mass is 32.2. The molecular weight excluding hydrogens is 308 g/mol. The predicted molar refractivity (Wildman–Crippen MR) is 77.7 cm³/mol. The van der Waals surface area contributed by atoms with Crippen molar-refractivity contribution < 1.29 is 9.32 Å². The highest BCUT2D eigenvalue weighted by Gasteiger charge is 2.29. The summed E-state index contributed by atoms with van der Waals surface area (Å²) in [5, 5.41) is 13.8. The number of H-pyrrole nitrogens is 1. The van der Waals surface area contributed by atoms with Crippen molar-refractivity contribution in [1.82, 2.24) is 24.9 Å². The summed E-state index contributed by atoms with van der Waals surface area (Å²) in [5.74, 6) is 0.743. The first-order valence-corrected chi connectivity index (χ1v) is 7.49. The van der Waals surface area contributed by atoms with Crippen LogP contribution in [-0.4, -0.2) is 36.6 Å². The third-order valence-electron chi connectivity index (χ3n) is 3.38. The van der Waals surface area contributed by atoms with Crippen LogP contribution in [0.25, 0.3) is 11.0 Å². The number of nitrogens with one attached hydrogen (secondary N) is 2. The normalized spacial score (nSPS) is 16.8. The molecule has 1 unspecified atom stereocenters. The Hall–Kier alpha value is -2.62. The van der Waals surface area contributed by atoms with Crippen LogP contribution in [0.3, 0.4) is 0 Å². The van der Waals surface area contributed by atoms with Gasteiger partial charge in [0.15, 0.2) is 16.6 Å². The molecule has 1 atom stereocenters. The van der Waals surface area contributed by atoms with E-state index in [1.54, 1.807) is 10.6 Å². The molecule has 1 amide bonds. The first-order valence-electron chi connectivity index (χ1n) is 6.51. The number of rotatable bonds is 3. The third-order valence-corrected chi connectivity index (χ3v) is 4.48. The Morgan fingerprint density at radius 1 is 1.59 bits per heavy atom. The number of thioether (sulfide) groups is 1. The molecule has 22 heavy (non-hydrogen) atoms. The molecule has 0 spiro atoms. The van der Waals surface area contributed by atoms with Gasteiger partial charge in [-0.1, -0.05) is 16.9 Å². The van der Waals surface area contributed by atoms with Gasteiger partial charge in [-0.05, 0) is 0 Å². The van der Waals surface area contributed by atoms with Gasteiger partial charge in [-0.25, -0.2) is 4.98 Å². The lowest BCUT2D eigenvalue weighted by molar-refractivity contribution is -0.116. The van der Waals surface area contributed by atoms with Gasteiger partial charge in [0.1, 0.15) is 11.6 Å². The number of hydrogen-bond acceptors (Lipinski definition) is 7. The van der Waals surface area contributed by atoms with Crippen molar-refractivity contribution in [2.45, 2.75) is 17.6 Å². The number of aromatic nitrogens is 5. The van der Waals surface area contributed by atoms with Crippen LogP contribution in [0.4, 0.5) is 5.82 Å². The van der Waals surface area contributed by atoms with Crippen LogP contribution in [0.2, 0.25) is 0 Å². The number of amides is 1. The van der Waals surface area contributed by atoms with E-state index in [0.717, 1.165) is 0 Å². The Morgan fingerprint density at radius 3 is 3.32 bits per heavy atom. The zero-order chi connectivity index (χ0) is 15.1. The predicted octanol–water partition coefficient (Wildman–Crippen LogP) is 0.783. The largest absolute Gasteiger partial charge is 0.363 e. The van der Waals surface area contributed by atoms with Crippen molar-refractivity contribution in [3.63, 3.8) is 0 Å². The van der Waals surface area contributed by atoms with Crippen molar-refractivity contribution in [2.24, 2.45) is 0 Å². The zero-order valence-corrected chi connectivity index (χ0v) is 12.0. The Morgan fingerprint density at radius 2 is 2.50 bits per heavy atom. The van der Waals surface area contributed by atoms with Crippen LogP contribution in [0.5, 0.6) is 0 Å². The standard InChI is InChI=1S/C12H10N6O3S/c19-9(14-8-1-2-21-17-8)3-6-5-22-12-15-10-7(4-13-16-10)11(20)18(6)12/h1-2,4,6H,3,5H2,(H,13,16)(H,14,17,19). The number of anilines is 1. The molecular formula is C12H10N6O3S. The smallest absolute Gasteiger partial charge is 0.265 e. The maximum absolute atomic E-state index is 12.5. The van der Waals surface area contributed by atoms with Crippen LogP contribution < -0.4 is 10.9 Å². The van der Waals surface area contributed by atoms with E-state index in [1.807, 2.05) is 0 Å². The average molecular weight is 318 g/mol. The minimum absolute atomic E-state index is 0.164. The molecule has 3 aromatic heterocycles. The fourth-order valence-electron chi connectivity index (χ4n) is 2.39. The molecule has 0 fully saturated rings. The lowest BCUT2D eigenvalue weighted by Gasteiger charge is -2.12. The topological polar surface area (TPSA) is 119 Å². The molecule has 3 aromatic rings. The van der Waals surface area contributed by atoms with Crippen LogP contribution >= 0.6 is 11.8 Å². The first kappa shape index (κ1) is 13.1. The summed E-state index contributed by atoms with van der Waals surface area (Å²) in [6.45, 7) is 0. The SMILES string of the molecule is O=C(CC1CSc2nc3[nH]ncc3c(=O)n21)Nc1ccon1. The molecule has 10 heteroatoms. The molecule has 1 aliphatic rings. The number of carbonyl (C=O) groups excluding carboxylic acids is 1. The van der Waals surface area contributed by atoms with Gasteiger partial charge in [-0.2, -0.15) is 5.10 Å². The number of hydrogen-bond donors (Lipinski definition) is 2. The lowest BCUT2D eigenvalue weighted by atomic mass is 10.2. The van der Waals surface area contributed by atoms with E-state index >= 15 is 0 Å². The molecule has 0 bridgehead atoms. The van der Waals surface area contributed by atoms with E-state index in [9.17, 15) is 9.59 Å². The van der Waals surface area contributed by atoms with Crippen LogP contribution in [0.15, 0.2) is 33.0 Å². The van der Waals surface area contributed by atoms with E-state index in [4.69, 9.17) is 0 Å². The van der Waals surface area contributed by atoms with Crippen molar-refractivity contribution >= 4 is 34.5 Å². The highest BCUT2D eigenvalue weighted by molar-refractivity contribution is 7.99. The van der Waals surface area contributed by atoms with E-state index in [-0.39, 0.29) is 23.9 Å². The molecule has 0 aliphatic carbocycles. The summed E-state index contributed by atoms with van der Waals surface area (Å²) < 4.78 is 6.22. The van der Waals surface area contributed by atoms with Gasteiger partial charge in [-0.15, -0.1) is 0 Å². The Labute approximate surface area is 127 Å². The van der Waals surface area contributed by atoms with Crippen molar-refractivity contribution in [2.75, 3.05) is 11.1 Å². The van der Waals surface area contributed by atoms with Gasteiger partial charge in [-0.3, -0.25) is 19.3 Å². The van der Waals surface area contributed by atoms with Crippen molar-refractivity contribution in [1.29, 1.82) is 0 Å². The monoisotopic (exact) mass is 318 g/mol. The van der Waals surface area contributed by atoms with E-state index in [1.165, 1.54) is 24.2 Å². The third kappa shape index (κ3) is 2.08. The minimum Gasteiger partial charge on any atom is -0.363 e. The number of carbonyl (C=O) groups is 1. The van der Waals surface area contributed by atoms with Gasteiger partial charge >= 0.3 is 0 Å². The molecule has 112 valence electrons. The number of aromatic amines is 1. The Balaban J connectivity index is 1.61. The quantitative estimate of drug-likeness (QED) is 0.685. The Bertz CT molecular complexity index is 899. The second-order valence-electron chi connectivity index (χ2n) is 4.80. The van der Waals surface area contributed by atoms with Crippen LogP contribution in [0.1, 0.15) is 12.5 Å². The minimum atomic E-state index is -0.244. The molecule has 0 saturated carbocycles. The van der Waals surface area contributed by atoms with Crippen LogP contribution in [-0.2, 0) is 4.79 Å². The number of nitrogens with zero attached hydrogens (tertiary/aromatic N) is 4.